The minimum absolute atomic E-state index is 0.0451. The number of pyridine rings is 1. The van der Waals surface area contributed by atoms with Gasteiger partial charge < -0.3 is 15.4 Å². The first kappa shape index (κ1) is 14.5. The Morgan fingerprint density at radius 3 is 3.30 bits per heavy atom. The van der Waals surface area contributed by atoms with E-state index in [2.05, 4.69) is 16.8 Å². The van der Waals surface area contributed by atoms with E-state index in [1.54, 1.807) is 23.2 Å². The number of ether oxygens (including phenoxy) is 1. The van der Waals surface area contributed by atoms with E-state index < -0.39 is 0 Å². The maximum absolute atomic E-state index is 12.6. The Balaban J connectivity index is 2.23. The predicted molar refractivity (Wildman–Crippen MR) is 76.1 cm³/mol. The van der Waals surface area contributed by atoms with Gasteiger partial charge in [-0.2, -0.15) is 0 Å². The number of carbonyl (C=O) groups is 1. The van der Waals surface area contributed by atoms with Crippen molar-refractivity contribution in [2.75, 3.05) is 26.2 Å². The molecule has 1 aliphatic heterocycles. The van der Waals surface area contributed by atoms with Gasteiger partial charge in [-0.05, 0) is 25.5 Å². The third-order valence-electron chi connectivity index (χ3n) is 3.07. The van der Waals surface area contributed by atoms with E-state index in [0.717, 1.165) is 6.42 Å². The fourth-order valence-corrected chi connectivity index (χ4v) is 2.15. The van der Waals surface area contributed by atoms with Crippen molar-refractivity contribution >= 4 is 5.91 Å². The highest BCUT2D eigenvalue weighted by Crippen LogP contribution is 2.12. The number of carbonyl (C=O) groups excluding carboxylic acids is 1. The van der Waals surface area contributed by atoms with Gasteiger partial charge in [0.05, 0.1) is 18.2 Å². The van der Waals surface area contributed by atoms with Gasteiger partial charge >= 0.3 is 0 Å². The summed E-state index contributed by atoms with van der Waals surface area (Å²) in [6, 6.07) is 3.56. The Bertz CT molecular complexity index is 533. The largest absolute Gasteiger partial charge is 0.377 e. The Hall–Kier alpha value is -1.90. The zero-order valence-corrected chi connectivity index (χ0v) is 11.6. The molecule has 1 fully saturated rings. The van der Waals surface area contributed by atoms with Gasteiger partial charge in [-0.3, -0.25) is 4.79 Å². The molecule has 0 radical (unpaired) electrons. The van der Waals surface area contributed by atoms with E-state index in [4.69, 9.17) is 10.5 Å². The normalized spacial score (nSPS) is 18.9. The van der Waals surface area contributed by atoms with Crippen LogP contribution in [0.3, 0.4) is 0 Å². The van der Waals surface area contributed by atoms with Crippen molar-refractivity contribution in [3.05, 3.63) is 29.6 Å². The fraction of sp³-hybridized carbons (Fsp3) is 0.467. The molecule has 1 aromatic heterocycles. The van der Waals surface area contributed by atoms with Gasteiger partial charge in [0.1, 0.15) is 5.69 Å². The van der Waals surface area contributed by atoms with Crippen LogP contribution in [0.15, 0.2) is 18.3 Å². The molecule has 106 valence electrons. The molecule has 1 aliphatic rings. The van der Waals surface area contributed by atoms with Crippen molar-refractivity contribution in [1.29, 1.82) is 0 Å². The van der Waals surface area contributed by atoms with Crippen LogP contribution in [0.25, 0.3) is 0 Å². The topological polar surface area (TPSA) is 68.5 Å². The standard InChI is InChI=1S/C15H19N3O2/c1-12-11-18(9-4-10-20-12)15(19)14-13(5-2-7-16)6-3-8-17-14/h3,6,8,12H,4,7,9-11,16H2,1H3. The Morgan fingerprint density at radius 1 is 1.65 bits per heavy atom. The Morgan fingerprint density at radius 2 is 2.50 bits per heavy atom. The fourth-order valence-electron chi connectivity index (χ4n) is 2.15. The summed E-state index contributed by atoms with van der Waals surface area (Å²) in [5.74, 6) is 5.58. The summed E-state index contributed by atoms with van der Waals surface area (Å²) in [6.45, 7) is 4.19. The van der Waals surface area contributed by atoms with Gasteiger partial charge in [-0.15, -0.1) is 0 Å². The van der Waals surface area contributed by atoms with Crippen LogP contribution in [0.4, 0.5) is 0 Å². The number of rotatable bonds is 1. The lowest BCUT2D eigenvalue weighted by atomic mass is 10.1. The SMILES string of the molecule is CC1CN(C(=O)c2ncccc2C#CCN)CCCO1. The highest BCUT2D eigenvalue weighted by atomic mass is 16.5. The minimum Gasteiger partial charge on any atom is -0.377 e. The molecular weight excluding hydrogens is 254 g/mol. The summed E-state index contributed by atoms with van der Waals surface area (Å²) in [6.07, 6.45) is 2.49. The number of hydrogen-bond acceptors (Lipinski definition) is 4. The van der Waals surface area contributed by atoms with Gasteiger partial charge in [0.15, 0.2) is 0 Å². The molecule has 0 spiro atoms. The van der Waals surface area contributed by atoms with E-state index >= 15 is 0 Å². The average molecular weight is 273 g/mol. The highest BCUT2D eigenvalue weighted by molar-refractivity contribution is 5.94. The van der Waals surface area contributed by atoms with Crippen LogP contribution in [0.2, 0.25) is 0 Å². The van der Waals surface area contributed by atoms with Crippen LogP contribution in [0.1, 0.15) is 29.4 Å². The van der Waals surface area contributed by atoms with E-state index in [-0.39, 0.29) is 18.6 Å². The van der Waals surface area contributed by atoms with Crippen LogP contribution in [0, 0.1) is 11.8 Å². The summed E-state index contributed by atoms with van der Waals surface area (Å²) in [4.78, 5) is 18.6. The van der Waals surface area contributed by atoms with Crippen LogP contribution in [-0.2, 0) is 4.74 Å². The van der Waals surface area contributed by atoms with Gasteiger partial charge in [-0.1, -0.05) is 11.8 Å². The van der Waals surface area contributed by atoms with Crippen molar-refractivity contribution < 1.29 is 9.53 Å². The van der Waals surface area contributed by atoms with Crippen molar-refractivity contribution in [2.24, 2.45) is 5.73 Å². The molecule has 2 heterocycles. The van der Waals surface area contributed by atoms with Crippen molar-refractivity contribution in [1.82, 2.24) is 9.88 Å². The molecule has 1 unspecified atom stereocenters. The second kappa shape index (κ2) is 7.04. The Kier molecular flexibility index (Phi) is 5.10. The lowest BCUT2D eigenvalue weighted by Gasteiger charge is -2.22. The van der Waals surface area contributed by atoms with Crippen LogP contribution in [-0.4, -0.2) is 48.1 Å². The second-order valence-electron chi connectivity index (χ2n) is 4.69. The molecule has 5 heteroatoms. The van der Waals surface area contributed by atoms with Gasteiger partial charge in [-0.25, -0.2) is 4.98 Å². The summed E-state index contributed by atoms with van der Waals surface area (Å²) in [5, 5.41) is 0. The van der Waals surface area contributed by atoms with Gasteiger partial charge in [0.25, 0.3) is 5.91 Å². The molecule has 0 aromatic carbocycles. The van der Waals surface area contributed by atoms with E-state index in [1.165, 1.54) is 0 Å². The highest BCUT2D eigenvalue weighted by Gasteiger charge is 2.23. The summed E-state index contributed by atoms with van der Waals surface area (Å²) in [7, 11) is 0. The van der Waals surface area contributed by atoms with Crippen LogP contribution < -0.4 is 5.73 Å². The van der Waals surface area contributed by atoms with Gasteiger partial charge in [0.2, 0.25) is 0 Å². The predicted octanol–water partition coefficient (Wildman–Crippen LogP) is 0.643. The van der Waals surface area contributed by atoms with Crippen LogP contribution >= 0.6 is 0 Å². The first-order valence-electron chi connectivity index (χ1n) is 6.77. The van der Waals surface area contributed by atoms with E-state index in [9.17, 15) is 4.79 Å². The second-order valence-corrected chi connectivity index (χ2v) is 4.69. The number of hydrogen-bond donors (Lipinski definition) is 1. The van der Waals surface area contributed by atoms with E-state index in [0.29, 0.717) is 31.0 Å². The molecule has 0 saturated carbocycles. The maximum atomic E-state index is 12.6. The van der Waals surface area contributed by atoms with Crippen molar-refractivity contribution in [3.63, 3.8) is 0 Å². The molecule has 1 atom stereocenters. The molecule has 2 N–H and O–H groups in total. The number of nitrogens with two attached hydrogens (primary N) is 1. The molecule has 20 heavy (non-hydrogen) atoms. The zero-order valence-electron chi connectivity index (χ0n) is 11.6. The summed E-state index contributed by atoms with van der Waals surface area (Å²) >= 11 is 0. The van der Waals surface area contributed by atoms with E-state index in [1.807, 2.05) is 6.92 Å². The lowest BCUT2D eigenvalue weighted by Crippen LogP contribution is -2.36. The number of amides is 1. The molecule has 2 rings (SSSR count). The molecule has 1 aromatic rings. The zero-order chi connectivity index (χ0) is 14.4. The molecule has 0 bridgehead atoms. The first-order valence-corrected chi connectivity index (χ1v) is 6.77. The maximum Gasteiger partial charge on any atom is 0.273 e. The third-order valence-corrected chi connectivity index (χ3v) is 3.07. The molecular formula is C15H19N3O2. The molecule has 1 saturated heterocycles. The molecule has 0 aliphatic carbocycles. The van der Waals surface area contributed by atoms with Crippen molar-refractivity contribution in [2.45, 2.75) is 19.4 Å². The van der Waals surface area contributed by atoms with Crippen LogP contribution in [0.5, 0.6) is 0 Å². The smallest absolute Gasteiger partial charge is 0.273 e. The molecule has 5 nitrogen and oxygen atoms in total. The minimum atomic E-state index is -0.0933. The van der Waals surface area contributed by atoms with Gasteiger partial charge in [0, 0.05) is 25.9 Å². The Labute approximate surface area is 119 Å². The van der Waals surface area contributed by atoms with Crippen molar-refractivity contribution in [3.8, 4) is 11.8 Å². The number of nitrogens with zero attached hydrogens (tertiary/aromatic N) is 2. The first-order chi connectivity index (χ1) is 9.72. The summed E-state index contributed by atoms with van der Waals surface area (Å²) < 4.78 is 5.56. The summed E-state index contributed by atoms with van der Waals surface area (Å²) in [5.41, 5.74) is 6.40. The monoisotopic (exact) mass is 273 g/mol. The lowest BCUT2D eigenvalue weighted by molar-refractivity contribution is 0.0559. The third kappa shape index (κ3) is 3.56. The average Bonchev–Trinajstić information content (AvgIpc) is 2.69. The molecule has 1 amide bonds. The quantitative estimate of drug-likeness (QED) is 0.763. The number of aromatic nitrogens is 1.